The molecule has 2 bridgehead atoms. The molecule has 1 saturated heterocycles. The molecule has 0 unspecified atom stereocenters. The van der Waals surface area contributed by atoms with Gasteiger partial charge < -0.3 is 22.3 Å². The van der Waals surface area contributed by atoms with Gasteiger partial charge in [0.2, 0.25) is 0 Å². The second-order valence-electron chi connectivity index (χ2n) is 3.73. The highest BCUT2D eigenvalue weighted by Gasteiger charge is 2.33. The summed E-state index contributed by atoms with van der Waals surface area (Å²) < 4.78 is 0. The number of hydrogen-bond donors (Lipinski definition) is 1. The van der Waals surface area contributed by atoms with E-state index in [9.17, 15) is 4.79 Å². The molecule has 4 nitrogen and oxygen atoms in total. The molecular weight excluding hydrogens is 202 g/mol. The number of H-pyrrole nitrogens is 1. The first kappa shape index (κ1) is 9.52. The van der Waals surface area contributed by atoms with E-state index in [-0.39, 0.29) is 18.0 Å². The van der Waals surface area contributed by atoms with Crippen molar-refractivity contribution in [2.75, 3.05) is 18.0 Å². The summed E-state index contributed by atoms with van der Waals surface area (Å²) in [5.41, 5.74) is 1.86. The number of piperidine rings is 1. The second kappa shape index (κ2) is 3.28. The van der Waals surface area contributed by atoms with E-state index in [4.69, 9.17) is 0 Å². The van der Waals surface area contributed by atoms with Gasteiger partial charge in [0.05, 0.1) is 12.0 Å². The average molecular weight is 213 g/mol. The number of rotatable bonds is 0. The summed E-state index contributed by atoms with van der Waals surface area (Å²) in [6.45, 7) is 2.04. The summed E-state index contributed by atoms with van der Waals surface area (Å²) >= 11 is 0. The summed E-state index contributed by atoms with van der Waals surface area (Å²) in [7, 11) is 0. The molecule has 14 heavy (non-hydrogen) atoms. The fourth-order valence-electron chi connectivity index (χ4n) is 2.39. The Labute approximate surface area is 87.8 Å². The third-order valence-electron chi connectivity index (χ3n) is 3.05. The molecule has 1 fully saturated rings. The molecule has 4 heterocycles. The summed E-state index contributed by atoms with van der Waals surface area (Å²) in [6.07, 6.45) is 3.83. The zero-order chi connectivity index (χ0) is 8.84. The predicted octanol–water partition coefficient (Wildman–Crippen LogP) is -2.53. The Balaban J connectivity index is 0.000000750. The number of nitrogens with one attached hydrogen (secondary N) is 1. The van der Waals surface area contributed by atoms with Crippen LogP contribution in [0.2, 0.25) is 0 Å². The molecule has 0 aliphatic carbocycles. The molecule has 1 aromatic rings. The van der Waals surface area contributed by atoms with Crippen molar-refractivity contribution in [3.8, 4) is 0 Å². The van der Waals surface area contributed by atoms with Crippen LogP contribution in [0.5, 0.6) is 0 Å². The van der Waals surface area contributed by atoms with Crippen LogP contribution >= 0.6 is 0 Å². The van der Waals surface area contributed by atoms with E-state index < -0.39 is 0 Å². The molecule has 0 radical (unpaired) electrons. The number of aromatic amines is 1. The van der Waals surface area contributed by atoms with Gasteiger partial charge in [-0.05, 0) is 12.8 Å². The van der Waals surface area contributed by atoms with Gasteiger partial charge in [0.1, 0.15) is 5.69 Å². The van der Waals surface area contributed by atoms with Crippen LogP contribution in [-0.2, 0) is 0 Å². The standard InChI is InChI=1S/C9H11N3O.ClH/c13-9-8-7(10-5-11-9)6-1-3-12(8)4-2-6;/h5-6H,1-4H2,(H,10,11,13);1H/p-1. The Hall–Kier alpha value is -1.03. The van der Waals surface area contributed by atoms with Crippen molar-refractivity contribution in [1.29, 1.82) is 0 Å². The van der Waals surface area contributed by atoms with Gasteiger partial charge in [0.15, 0.2) is 0 Å². The zero-order valence-corrected chi connectivity index (χ0v) is 8.42. The van der Waals surface area contributed by atoms with E-state index >= 15 is 0 Å². The first-order valence-electron chi connectivity index (χ1n) is 4.69. The molecule has 0 aromatic carbocycles. The SMILES string of the molecule is O=c1[nH]cnc2c1N1CCC2CC1.[Cl-]. The quantitative estimate of drug-likeness (QED) is 0.516. The predicted molar refractivity (Wildman–Crippen MR) is 49.0 cm³/mol. The van der Waals surface area contributed by atoms with Crippen molar-refractivity contribution in [2.24, 2.45) is 0 Å². The number of anilines is 1. The van der Waals surface area contributed by atoms with E-state index in [1.165, 1.54) is 6.33 Å². The maximum absolute atomic E-state index is 11.5. The van der Waals surface area contributed by atoms with Gasteiger partial charge in [-0.1, -0.05) is 0 Å². The number of hydrogen-bond acceptors (Lipinski definition) is 3. The first-order valence-corrected chi connectivity index (χ1v) is 4.69. The van der Waals surface area contributed by atoms with Crippen molar-refractivity contribution in [3.63, 3.8) is 0 Å². The van der Waals surface area contributed by atoms with Gasteiger partial charge in [0, 0.05) is 19.0 Å². The van der Waals surface area contributed by atoms with Gasteiger partial charge in [-0.15, -0.1) is 0 Å². The van der Waals surface area contributed by atoms with Crippen LogP contribution in [0, 0.1) is 0 Å². The summed E-state index contributed by atoms with van der Waals surface area (Å²) in [5, 5.41) is 0. The normalized spacial score (nSPS) is 19.0. The van der Waals surface area contributed by atoms with Crippen LogP contribution in [0.3, 0.4) is 0 Å². The maximum atomic E-state index is 11.5. The second-order valence-corrected chi connectivity index (χ2v) is 3.73. The minimum Gasteiger partial charge on any atom is -1.00 e. The maximum Gasteiger partial charge on any atom is 0.274 e. The molecule has 0 spiro atoms. The van der Waals surface area contributed by atoms with Crippen molar-refractivity contribution < 1.29 is 12.4 Å². The molecule has 1 aromatic heterocycles. The van der Waals surface area contributed by atoms with E-state index in [0.29, 0.717) is 5.92 Å². The topological polar surface area (TPSA) is 49.0 Å². The highest BCUT2D eigenvalue weighted by molar-refractivity contribution is 5.54. The average Bonchev–Trinajstić information content (AvgIpc) is 2.20. The molecule has 3 aliphatic heterocycles. The lowest BCUT2D eigenvalue weighted by molar-refractivity contribution is -0.00000277. The van der Waals surface area contributed by atoms with Crippen LogP contribution in [0.1, 0.15) is 24.5 Å². The molecule has 0 saturated carbocycles. The highest BCUT2D eigenvalue weighted by atomic mass is 35.5. The number of nitrogens with zero attached hydrogens (tertiary/aromatic N) is 2. The smallest absolute Gasteiger partial charge is 0.274 e. The Morgan fingerprint density at radius 2 is 2.14 bits per heavy atom. The summed E-state index contributed by atoms with van der Waals surface area (Å²) in [4.78, 5) is 20.6. The molecule has 0 atom stereocenters. The van der Waals surface area contributed by atoms with Crippen LogP contribution in [0.15, 0.2) is 11.1 Å². The summed E-state index contributed by atoms with van der Waals surface area (Å²) in [6, 6.07) is 0. The van der Waals surface area contributed by atoms with Crippen LogP contribution in [-0.4, -0.2) is 23.1 Å². The number of halogens is 1. The molecule has 5 heteroatoms. The molecule has 0 amide bonds. The largest absolute Gasteiger partial charge is 1.00 e. The van der Waals surface area contributed by atoms with Crippen LogP contribution in [0.25, 0.3) is 0 Å². The van der Waals surface area contributed by atoms with E-state index in [1.54, 1.807) is 0 Å². The zero-order valence-electron chi connectivity index (χ0n) is 7.66. The lowest BCUT2D eigenvalue weighted by Gasteiger charge is -2.40. The highest BCUT2D eigenvalue weighted by Crippen LogP contribution is 2.37. The first-order chi connectivity index (χ1) is 6.36. The van der Waals surface area contributed by atoms with Gasteiger partial charge >= 0.3 is 0 Å². The molecule has 76 valence electrons. The lowest BCUT2D eigenvalue weighted by Crippen LogP contribution is -3.00. The van der Waals surface area contributed by atoms with Crippen LogP contribution < -0.4 is 22.9 Å². The van der Waals surface area contributed by atoms with E-state index in [2.05, 4.69) is 14.9 Å². The van der Waals surface area contributed by atoms with Crippen molar-refractivity contribution in [2.45, 2.75) is 18.8 Å². The number of fused-ring (bicyclic) bond motifs is 2. The number of aromatic nitrogens is 2. The summed E-state index contributed by atoms with van der Waals surface area (Å²) in [5.74, 6) is 0.530. The monoisotopic (exact) mass is 212 g/mol. The third kappa shape index (κ3) is 1.14. The minimum atomic E-state index is 0. The van der Waals surface area contributed by atoms with Crippen molar-refractivity contribution in [3.05, 3.63) is 22.4 Å². The molecule has 1 N–H and O–H groups in total. The minimum absolute atomic E-state index is 0. The fraction of sp³-hybridized carbons (Fsp3) is 0.556. The van der Waals surface area contributed by atoms with Gasteiger partial charge in [-0.25, -0.2) is 4.98 Å². The van der Waals surface area contributed by atoms with Gasteiger partial charge in [0.25, 0.3) is 5.56 Å². The Morgan fingerprint density at radius 3 is 2.79 bits per heavy atom. The van der Waals surface area contributed by atoms with Crippen molar-refractivity contribution in [1.82, 2.24) is 9.97 Å². The lowest BCUT2D eigenvalue weighted by atomic mass is 9.87. The van der Waals surface area contributed by atoms with E-state index in [0.717, 1.165) is 37.3 Å². The molecule has 3 aliphatic rings. The van der Waals surface area contributed by atoms with Crippen molar-refractivity contribution >= 4 is 5.69 Å². The fourth-order valence-corrected chi connectivity index (χ4v) is 2.39. The molecular formula is C9H11ClN3O-. The van der Waals surface area contributed by atoms with Crippen LogP contribution in [0.4, 0.5) is 5.69 Å². The third-order valence-corrected chi connectivity index (χ3v) is 3.05. The van der Waals surface area contributed by atoms with Gasteiger partial charge in [-0.3, -0.25) is 4.79 Å². The van der Waals surface area contributed by atoms with Gasteiger partial charge in [-0.2, -0.15) is 0 Å². The van der Waals surface area contributed by atoms with E-state index in [1.807, 2.05) is 0 Å². The Morgan fingerprint density at radius 1 is 1.43 bits per heavy atom. The Kier molecular flexibility index (Phi) is 2.23. The Bertz CT molecular complexity index is 395. The molecule has 4 rings (SSSR count).